The number of aromatic nitrogens is 2. The smallest absolute Gasteiger partial charge is 0.0593 e. The highest BCUT2D eigenvalue weighted by Gasteiger charge is 2.23. The van der Waals surface area contributed by atoms with Crippen molar-refractivity contribution in [3.05, 3.63) is 18.0 Å². The number of hydrogen-bond acceptors (Lipinski definition) is 1. The van der Waals surface area contributed by atoms with E-state index in [9.17, 15) is 0 Å². The lowest BCUT2D eigenvalue weighted by atomic mass is 10.5. The predicted octanol–water partition coefficient (Wildman–Crippen LogP) is 2.55. The van der Waals surface area contributed by atoms with Gasteiger partial charge in [0.2, 0.25) is 0 Å². The molecule has 2 nitrogen and oxygen atoms in total. The average molecular weight is 152 g/mol. The minimum atomic E-state index is 0.735. The Balaban J connectivity index is 0.000000281. The van der Waals surface area contributed by atoms with Gasteiger partial charge in [-0.3, -0.25) is 4.68 Å². The molecular weight excluding hydrogens is 136 g/mol. The SMILES string of the molecule is CC.Cc1ccn(C2CC2)n1. The van der Waals surface area contributed by atoms with E-state index in [2.05, 4.69) is 22.0 Å². The van der Waals surface area contributed by atoms with E-state index in [-0.39, 0.29) is 0 Å². The fraction of sp³-hybridized carbons (Fsp3) is 0.667. The molecule has 0 unspecified atom stereocenters. The summed E-state index contributed by atoms with van der Waals surface area (Å²) in [4.78, 5) is 0. The third-order valence-corrected chi connectivity index (χ3v) is 1.66. The molecule has 1 aromatic rings. The average Bonchev–Trinajstić information content (AvgIpc) is 2.80. The summed E-state index contributed by atoms with van der Waals surface area (Å²) in [5, 5.41) is 4.29. The second kappa shape index (κ2) is 3.56. The van der Waals surface area contributed by atoms with Crippen LogP contribution in [0.15, 0.2) is 12.3 Å². The number of nitrogens with zero attached hydrogens (tertiary/aromatic N) is 2. The van der Waals surface area contributed by atoms with Gasteiger partial charge in [-0.2, -0.15) is 5.10 Å². The number of rotatable bonds is 1. The molecule has 2 rings (SSSR count). The van der Waals surface area contributed by atoms with Crippen LogP contribution < -0.4 is 0 Å². The van der Waals surface area contributed by atoms with Crippen LogP contribution in [-0.4, -0.2) is 9.78 Å². The van der Waals surface area contributed by atoms with Crippen molar-refractivity contribution >= 4 is 0 Å². The zero-order chi connectivity index (χ0) is 8.27. The summed E-state index contributed by atoms with van der Waals surface area (Å²) in [7, 11) is 0. The van der Waals surface area contributed by atoms with Crippen LogP contribution in [0.25, 0.3) is 0 Å². The normalized spacial score (nSPS) is 15.5. The second-order valence-electron chi connectivity index (χ2n) is 2.67. The highest BCUT2D eigenvalue weighted by Crippen LogP contribution is 2.33. The minimum Gasteiger partial charge on any atom is -0.269 e. The fourth-order valence-electron chi connectivity index (χ4n) is 0.975. The first-order valence-electron chi connectivity index (χ1n) is 4.38. The fourth-order valence-corrected chi connectivity index (χ4v) is 0.975. The molecule has 1 aliphatic carbocycles. The Labute approximate surface area is 68.2 Å². The van der Waals surface area contributed by atoms with Crippen LogP contribution in [0, 0.1) is 6.92 Å². The zero-order valence-corrected chi connectivity index (χ0v) is 7.54. The Kier molecular flexibility index (Phi) is 2.69. The van der Waals surface area contributed by atoms with Crippen molar-refractivity contribution in [1.82, 2.24) is 9.78 Å². The van der Waals surface area contributed by atoms with Gasteiger partial charge >= 0.3 is 0 Å². The number of hydrogen-bond donors (Lipinski definition) is 0. The van der Waals surface area contributed by atoms with E-state index in [0.29, 0.717) is 0 Å². The Bertz CT molecular complexity index is 211. The van der Waals surface area contributed by atoms with Gasteiger partial charge in [-0.15, -0.1) is 0 Å². The van der Waals surface area contributed by atoms with Crippen molar-refractivity contribution in [2.75, 3.05) is 0 Å². The molecule has 1 heterocycles. The molecule has 11 heavy (non-hydrogen) atoms. The molecule has 0 saturated heterocycles. The molecule has 1 fully saturated rings. The van der Waals surface area contributed by atoms with E-state index in [0.717, 1.165) is 11.7 Å². The Morgan fingerprint density at radius 2 is 2.09 bits per heavy atom. The van der Waals surface area contributed by atoms with Crippen LogP contribution in [0.2, 0.25) is 0 Å². The summed E-state index contributed by atoms with van der Waals surface area (Å²) < 4.78 is 2.06. The van der Waals surface area contributed by atoms with E-state index < -0.39 is 0 Å². The summed E-state index contributed by atoms with van der Waals surface area (Å²) >= 11 is 0. The van der Waals surface area contributed by atoms with E-state index in [1.54, 1.807) is 0 Å². The summed E-state index contributed by atoms with van der Waals surface area (Å²) in [6, 6.07) is 2.79. The Morgan fingerprint density at radius 1 is 1.45 bits per heavy atom. The molecule has 2 heteroatoms. The molecule has 0 atom stereocenters. The van der Waals surface area contributed by atoms with Gasteiger partial charge in [0, 0.05) is 6.20 Å². The molecule has 1 aromatic heterocycles. The molecule has 0 N–H and O–H groups in total. The van der Waals surface area contributed by atoms with Gasteiger partial charge in [0.05, 0.1) is 11.7 Å². The molecule has 1 aliphatic rings. The van der Waals surface area contributed by atoms with Gasteiger partial charge in [-0.25, -0.2) is 0 Å². The van der Waals surface area contributed by atoms with E-state index in [4.69, 9.17) is 0 Å². The van der Waals surface area contributed by atoms with Crippen LogP contribution in [0.1, 0.15) is 38.4 Å². The maximum Gasteiger partial charge on any atom is 0.0593 e. The van der Waals surface area contributed by atoms with Crippen LogP contribution in [-0.2, 0) is 0 Å². The molecule has 62 valence electrons. The maximum absolute atomic E-state index is 4.29. The van der Waals surface area contributed by atoms with Crippen molar-refractivity contribution in [3.63, 3.8) is 0 Å². The third kappa shape index (κ3) is 2.07. The first-order chi connectivity index (χ1) is 5.36. The topological polar surface area (TPSA) is 17.8 Å². The second-order valence-corrected chi connectivity index (χ2v) is 2.67. The molecule has 1 saturated carbocycles. The predicted molar refractivity (Wildman–Crippen MR) is 46.6 cm³/mol. The van der Waals surface area contributed by atoms with E-state index >= 15 is 0 Å². The van der Waals surface area contributed by atoms with Gasteiger partial charge in [-0.1, -0.05) is 13.8 Å². The monoisotopic (exact) mass is 152 g/mol. The first kappa shape index (κ1) is 8.31. The van der Waals surface area contributed by atoms with Crippen molar-refractivity contribution < 1.29 is 0 Å². The highest BCUT2D eigenvalue weighted by atomic mass is 15.3. The van der Waals surface area contributed by atoms with E-state index in [1.165, 1.54) is 12.8 Å². The van der Waals surface area contributed by atoms with Crippen LogP contribution in [0.3, 0.4) is 0 Å². The summed E-state index contributed by atoms with van der Waals surface area (Å²) in [5.41, 5.74) is 1.13. The molecule has 0 aromatic carbocycles. The van der Waals surface area contributed by atoms with Gasteiger partial charge < -0.3 is 0 Å². The standard InChI is InChI=1S/C7H10N2.C2H6/c1-6-4-5-9(8-6)7-2-3-7;1-2/h4-5,7H,2-3H2,1H3;1-2H3. The lowest BCUT2D eigenvalue weighted by molar-refractivity contribution is 0.635. The summed E-state index contributed by atoms with van der Waals surface area (Å²) in [6.07, 6.45) is 4.70. The van der Waals surface area contributed by atoms with Crippen molar-refractivity contribution in [2.24, 2.45) is 0 Å². The van der Waals surface area contributed by atoms with Gasteiger partial charge in [0.25, 0.3) is 0 Å². The van der Waals surface area contributed by atoms with Gasteiger partial charge in [0.1, 0.15) is 0 Å². The maximum atomic E-state index is 4.29. The third-order valence-electron chi connectivity index (χ3n) is 1.66. The lowest BCUT2D eigenvalue weighted by Gasteiger charge is -1.92. The largest absolute Gasteiger partial charge is 0.269 e. The molecule has 0 amide bonds. The molecule has 0 bridgehead atoms. The lowest BCUT2D eigenvalue weighted by Crippen LogP contribution is -1.93. The van der Waals surface area contributed by atoms with Gasteiger partial charge in [0.15, 0.2) is 0 Å². The quantitative estimate of drug-likeness (QED) is 0.604. The summed E-state index contributed by atoms with van der Waals surface area (Å²) in [6.45, 7) is 6.03. The zero-order valence-electron chi connectivity index (χ0n) is 7.54. The molecule has 0 radical (unpaired) electrons. The summed E-state index contributed by atoms with van der Waals surface area (Å²) in [5.74, 6) is 0. The minimum absolute atomic E-state index is 0.735. The Morgan fingerprint density at radius 3 is 2.45 bits per heavy atom. The van der Waals surface area contributed by atoms with Crippen LogP contribution in [0.4, 0.5) is 0 Å². The van der Waals surface area contributed by atoms with E-state index in [1.807, 2.05) is 20.8 Å². The molecule has 0 aliphatic heterocycles. The number of aryl methyl sites for hydroxylation is 1. The molecule has 0 spiro atoms. The highest BCUT2D eigenvalue weighted by molar-refractivity contribution is 4.97. The molecular formula is C9H16N2. The van der Waals surface area contributed by atoms with Crippen molar-refractivity contribution in [1.29, 1.82) is 0 Å². The van der Waals surface area contributed by atoms with Crippen LogP contribution in [0.5, 0.6) is 0 Å². The first-order valence-corrected chi connectivity index (χ1v) is 4.38. The van der Waals surface area contributed by atoms with Crippen molar-refractivity contribution in [3.8, 4) is 0 Å². The van der Waals surface area contributed by atoms with Crippen molar-refractivity contribution in [2.45, 2.75) is 39.7 Å². The van der Waals surface area contributed by atoms with Crippen LogP contribution >= 0.6 is 0 Å². The Hall–Kier alpha value is -0.790. The van der Waals surface area contributed by atoms with Gasteiger partial charge in [-0.05, 0) is 25.8 Å².